The topological polar surface area (TPSA) is 25.2 Å². The van der Waals surface area contributed by atoms with E-state index in [1.54, 1.807) is 11.3 Å². The van der Waals surface area contributed by atoms with E-state index in [2.05, 4.69) is 37.5 Å². The van der Waals surface area contributed by atoms with Crippen LogP contribution in [0.5, 0.6) is 0 Å². The van der Waals surface area contributed by atoms with Crippen molar-refractivity contribution in [3.8, 4) is 0 Å². The van der Waals surface area contributed by atoms with E-state index in [0.29, 0.717) is 0 Å². The van der Waals surface area contributed by atoms with Crippen molar-refractivity contribution in [2.45, 2.75) is 52.7 Å². The summed E-state index contributed by atoms with van der Waals surface area (Å²) in [5.41, 5.74) is 3.87. The molecule has 1 atom stereocenters. The van der Waals surface area contributed by atoms with E-state index in [-0.39, 0.29) is 11.5 Å². The molecule has 114 valence electrons. The first-order valence-corrected chi connectivity index (χ1v) is 8.66. The van der Waals surface area contributed by atoms with Crippen LogP contribution in [0.1, 0.15) is 48.2 Å². The van der Waals surface area contributed by atoms with Crippen molar-refractivity contribution < 1.29 is 5.11 Å². The van der Waals surface area contributed by atoms with Crippen molar-refractivity contribution in [2.24, 2.45) is 5.41 Å². The summed E-state index contributed by atoms with van der Waals surface area (Å²) in [7, 11) is 0. The third-order valence-electron chi connectivity index (χ3n) is 4.41. The highest BCUT2D eigenvalue weighted by Crippen LogP contribution is 2.42. The maximum absolute atomic E-state index is 10.4. The summed E-state index contributed by atoms with van der Waals surface area (Å²) in [5, 5.41) is 10.4. The number of hydrogen-bond acceptors (Lipinski definition) is 2. The molecule has 2 aromatic heterocycles. The van der Waals surface area contributed by atoms with E-state index in [9.17, 15) is 5.11 Å². The number of fused-ring (bicyclic) bond motifs is 1. The number of rotatable bonds is 3. The molecule has 1 unspecified atom stereocenters. The molecule has 2 heterocycles. The molecule has 2 aromatic rings. The van der Waals surface area contributed by atoms with Crippen LogP contribution in [0.3, 0.4) is 0 Å². The van der Waals surface area contributed by atoms with E-state index in [1.807, 2.05) is 6.07 Å². The zero-order chi connectivity index (χ0) is 15.2. The Labute approximate surface area is 135 Å². The maximum Gasteiger partial charge on any atom is 0.0931 e. The fourth-order valence-corrected chi connectivity index (χ4v) is 4.50. The van der Waals surface area contributed by atoms with Gasteiger partial charge < -0.3 is 9.67 Å². The van der Waals surface area contributed by atoms with Crippen LogP contribution in [0.25, 0.3) is 0 Å². The number of aromatic nitrogens is 1. The average Bonchev–Trinajstić information content (AvgIpc) is 2.90. The van der Waals surface area contributed by atoms with Crippen LogP contribution >= 0.6 is 22.9 Å². The van der Waals surface area contributed by atoms with Crippen LogP contribution in [0.2, 0.25) is 4.34 Å². The SMILES string of the molecule is Cc1cc2c(n1CCc1ccc(Cl)s1)CC(C)(C)CC2O. The van der Waals surface area contributed by atoms with Gasteiger partial charge in [-0.15, -0.1) is 11.3 Å². The molecule has 3 rings (SSSR count). The van der Waals surface area contributed by atoms with Gasteiger partial charge in [-0.3, -0.25) is 0 Å². The Hall–Kier alpha value is -0.770. The van der Waals surface area contributed by atoms with Crippen LogP contribution in [0.15, 0.2) is 18.2 Å². The van der Waals surface area contributed by atoms with Gasteiger partial charge in [0.05, 0.1) is 10.4 Å². The molecular formula is C17H22ClNOS. The second-order valence-electron chi connectivity index (χ2n) is 6.86. The van der Waals surface area contributed by atoms with Crippen LogP contribution < -0.4 is 0 Å². The summed E-state index contributed by atoms with van der Waals surface area (Å²) < 4.78 is 3.24. The second kappa shape index (κ2) is 5.45. The van der Waals surface area contributed by atoms with E-state index < -0.39 is 0 Å². The smallest absolute Gasteiger partial charge is 0.0931 e. The number of aliphatic hydroxyl groups is 1. The third-order valence-corrected chi connectivity index (χ3v) is 5.70. The fraction of sp³-hybridized carbons (Fsp3) is 0.529. The number of thiophene rings is 1. The molecule has 0 spiro atoms. The zero-order valence-corrected chi connectivity index (χ0v) is 14.4. The Kier molecular flexibility index (Phi) is 3.93. The molecule has 0 saturated carbocycles. The minimum absolute atomic E-state index is 0.168. The van der Waals surface area contributed by atoms with Crippen molar-refractivity contribution in [1.82, 2.24) is 4.57 Å². The molecule has 0 fully saturated rings. The van der Waals surface area contributed by atoms with Crippen molar-refractivity contribution in [3.63, 3.8) is 0 Å². The van der Waals surface area contributed by atoms with Crippen molar-refractivity contribution in [1.29, 1.82) is 0 Å². The van der Waals surface area contributed by atoms with Crippen molar-refractivity contribution in [2.75, 3.05) is 0 Å². The fourth-order valence-electron chi connectivity index (χ4n) is 3.42. The molecule has 0 radical (unpaired) electrons. The van der Waals surface area contributed by atoms with Gasteiger partial charge in [0, 0.05) is 28.4 Å². The lowest BCUT2D eigenvalue weighted by atomic mass is 9.75. The Morgan fingerprint density at radius 2 is 2.19 bits per heavy atom. The number of hydrogen-bond donors (Lipinski definition) is 1. The molecule has 21 heavy (non-hydrogen) atoms. The highest BCUT2D eigenvalue weighted by molar-refractivity contribution is 7.16. The van der Waals surface area contributed by atoms with E-state index in [0.717, 1.165) is 35.7 Å². The maximum atomic E-state index is 10.4. The summed E-state index contributed by atoms with van der Waals surface area (Å²) >= 11 is 7.66. The number of aliphatic hydroxyl groups excluding tert-OH is 1. The minimum Gasteiger partial charge on any atom is -0.388 e. The lowest BCUT2D eigenvalue weighted by Crippen LogP contribution is -2.27. The largest absolute Gasteiger partial charge is 0.388 e. The lowest BCUT2D eigenvalue weighted by molar-refractivity contribution is 0.0979. The van der Waals surface area contributed by atoms with E-state index in [1.165, 1.54) is 16.3 Å². The Bertz CT molecular complexity index is 656. The summed E-state index contributed by atoms with van der Waals surface area (Å²) in [5.74, 6) is 0. The molecule has 0 bridgehead atoms. The van der Waals surface area contributed by atoms with E-state index >= 15 is 0 Å². The van der Waals surface area contributed by atoms with Gasteiger partial charge >= 0.3 is 0 Å². The molecule has 0 aliphatic heterocycles. The summed E-state index contributed by atoms with van der Waals surface area (Å²) in [6, 6.07) is 6.24. The number of aryl methyl sites for hydroxylation is 2. The molecule has 4 heteroatoms. The predicted molar refractivity (Wildman–Crippen MR) is 89.3 cm³/mol. The first kappa shape index (κ1) is 15.1. The van der Waals surface area contributed by atoms with Gasteiger partial charge in [0.2, 0.25) is 0 Å². The molecular weight excluding hydrogens is 302 g/mol. The molecule has 1 N–H and O–H groups in total. The molecule has 1 aliphatic rings. The second-order valence-corrected chi connectivity index (χ2v) is 8.66. The molecule has 0 aromatic carbocycles. The van der Waals surface area contributed by atoms with E-state index in [4.69, 9.17) is 11.6 Å². The Morgan fingerprint density at radius 1 is 1.43 bits per heavy atom. The van der Waals surface area contributed by atoms with Gasteiger partial charge in [-0.05, 0) is 49.8 Å². The van der Waals surface area contributed by atoms with Gasteiger partial charge in [0.15, 0.2) is 0 Å². The molecule has 1 aliphatic carbocycles. The number of halogens is 1. The molecule has 0 amide bonds. The number of nitrogens with zero attached hydrogens (tertiary/aromatic N) is 1. The predicted octanol–water partition coefficient (Wildman–Crippen LogP) is 4.76. The Balaban J connectivity index is 1.86. The van der Waals surface area contributed by atoms with Crippen LogP contribution in [-0.4, -0.2) is 9.67 Å². The van der Waals surface area contributed by atoms with Gasteiger partial charge in [-0.1, -0.05) is 25.4 Å². The van der Waals surface area contributed by atoms with Gasteiger partial charge in [0.25, 0.3) is 0 Å². The summed E-state index contributed by atoms with van der Waals surface area (Å²) in [4.78, 5) is 1.32. The van der Waals surface area contributed by atoms with Crippen molar-refractivity contribution in [3.05, 3.63) is 44.4 Å². The standard InChI is InChI=1S/C17H22ClNOS/c1-11-8-13-14(9-17(2,3)10-15(13)20)19(11)7-6-12-4-5-16(18)21-12/h4-5,8,15,20H,6-7,9-10H2,1-3H3. The van der Waals surface area contributed by atoms with Gasteiger partial charge in [0.1, 0.15) is 0 Å². The van der Waals surface area contributed by atoms with Gasteiger partial charge in [-0.25, -0.2) is 0 Å². The van der Waals surface area contributed by atoms with Gasteiger partial charge in [-0.2, -0.15) is 0 Å². The average molecular weight is 324 g/mol. The molecule has 0 saturated heterocycles. The summed E-state index contributed by atoms with van der Waals surface area (Å²) in [6.45, 7) is 7.58. The zero-order valence-electron chi connectivity index (χ0n) is 12.8. The normalized spacial score (nSPS) is 20.5. The summed E-state index contributed by atoms with van der Waals surface area (Å²) in [6.07, 6.45) is 2.57. The lowest BCUT2D eigenvalue weighted by Gasteiger charge is -2.34. The monoisotopic (exact) mass is 323 g/mol. The van der Waals surface area contributed by atoms with Crippen LogP contribution in [0.4, 0.5) is 0 Å². The first-order chi connectivity index (χ1) is 9.85. The van der Waals surface area contributed by atoms with Crippen LogP contribution in [-0.2, 0) is 19.4 Å². The highest BCUT2D eigenvalue weighted by Gasteiger charge is 2.33. The quantitative estimate of drug-likeness (QED) is 0.865. The first-order valence-electron chi connectivity index (χ1n) is 7.47. The third kappa shape index (κ3) is 3.05. The minimum atomic E-state index is -0.320. The van der Waals surface area contributed by atoms with Crippen LogP contribution in [0, 0.1) is 12.3 Å². The highest BCUT2D eigenvalue weighted by atomic mass is 35.5. The molecule has 2 nitrogen and oxygen atoms in total. The Morgan fingerprint density at radius 3 is 2.86 bits per heavy atom. The van der Waals surface area contributed by atoms with Crippen molar-refractivity contribution >= 4 is 22.9 Å².